The summed E-state index contributed by atoms with van der Waals surface area (Å²) in [5, 5.41) is 6.10. The van der Waals surface area contributed by atoms with E-state index < -0.39 is 53.6 Å². The summed E-state index contributed by atoms with van der Waals surface area (Å²) in [5.74, 6) is -2.18. The lowest BCUT2D eigenvalue weighted by molar-refractivity contribution is -0.162. The molecular formula is C31H39N3O7. The highest BCUT2D eigenvalue weighted by Crippen LogP contribution is 2.20. The fraction of sp³-hybridized carbons (Fsp3) is 0.419. The monoisotopic (exact) mass is 565 g/mol. The van der Waals surface area contributed by atoms with Gasteiger partial charge in [-0.1, -0.05) is 48.5 Å². The first-order chi connectivity index (χ1) is 19.2. The lowest BCUT2D eigenvalue weighted by atomic mass is 10.0. The summed E-state index contributed by atoms with van der Waals surface area (Å²) in [6.45, 7) is 10.2. The van der Waals surface area contributed by atoms with Crippen LogP contribution in [-0.2, 0) is 41.6 Å². The van der Waals surface area contributed by atoms with Crippen molar-refractivity contribution in [3.8, 4) is 0 Å². The summed E-state index contributed by atoms with van der Waals surface area (Å²) in [7, 11) is 0. The van der Waals surface area contributed by atoms with Gasteiger partial charge in [-0.15, -0.1) is 0 Å². The minimum atomic E-state index is -1.35. The largest absolute Gasteiger partial charge is 0.461 e. The smallest absolute Gasteiger partial charge is 0.408 e. The van der Waals surface area contributed by atoms with Crippen molar-refractivity contribution in [2.75, 3.05) is 0 Å². The number of hydrogen-bond donors (Lipinski definition) is 3. The van der Waals surface area contributed by atoms with Gasteiger partial charge in [0.15, 0.2) is 0 Å². The van der Waals surface area contributed by atoms with Gasteiger partial charge in [0.1, 0.15) is 29.9 Å². The number of fused-ring (bicyclic) bond motifs is 1. The van der Waals surface area contributed by atoms with E-state index in [0.29, 0.717) is 0 Å². The molecule has 3 N–H and O–H groups in total. The predicted molar refractivity (Wildman–Crippen MR) is 154 cm³/mol. The van der Waals surface area contributed by atoms with Crippen LogP contribution in [0.1, 0.15) is 59.1 Å². The number of alkyl carbamates (subject to hydrolysis) is 1. The van der Waals surface area contributed by atoms with Crippen molar-refractivity contribution in [2.45, 2.75) is 84.3 Å². The van der Waals surface area contributed by atoms with Crippen LogP contribution >= 0.6 is 0 Å². The SMILES string of the molecule is CC(C)(C)OC(=O)N[C@H](Cc1c[nH]c2ccccc12)C(=O)N[C@H](CC(=O)OCc1ccccc1)C(=O)OC(C)(C)C. The highest BCUT2D eigenvalue weighted by atomic mass is 16.6. The molecule has 10 heteroatoms. The summed E-state index contributed by atoms with van der Waals surface area (Å²) in [5.41, 5.74) is 0.748. The van der Waals surface area contributed by atoms with Gasteiger partial charge in [0, 0.05) is 23.5 Å². The zero-order valence-electron chi connectivity index (χ0n) is 24.4. The van der Waals surface area contributed by atoms with Crippen LogP contribution in [0.15, 0.2) is 60.8 Å². The number of carbonyl (C=O) groups is 4. The van der Waals surface area contributed by atoms with E-state index >= 15 is 0 Å². The highest BCUT2D eigenvalue weighted by molar-refractivity contribution is 5.92. The number of para-hydroxylation sites is 1. The van der Waals surface area contributed by atoms with Gasteiger partial charge in [-0.25, -0.2) is 9.59 Å². The van der Waals surface area contributed by atoms with Crippen molar-refractivity contribution in [1.29, 1.82) is 0 Å². The zero-order chi connectivity index (χ0) is 30.2. The number of carbonyl (C=O) groups excluding carboxylic acids is 4. The molecule has 2 atom stereocenters. The molecule has 0 saturated carbocycles. The Labute approximate surface area is 240 Å². The topological polar surface area (TPSA) is 136 Å². The Morgan fingerprint density at radius 1 is 0.805 bits per heavy atom. The highest BCUT2D eigenvalue weighted by Gasteiger charge is 2.33. The maximum absolute atomic E-state index is 13.6. The molecule has 0 unspecified atom stereocenters. The molecule has 10 nitrogen and oxygen atoms in total. The van der Waals surface area contributed by atoms with Crippen LogP contribution < -0.4 is 10.6 Å². The molecule has 0 saturated heterocycles. The van der Waals surface area contributed by atoms with E-state index in [4.69, 9.17) is 14.2 Å². The van der Waals surface area contributed by atoms with Gasteiger partial charge in [0.05, 0.1) is 6.42 Å². The number of rotatable bonds is 10. The number of hydrogen-bond acceptors (Lipinski definition) is 7. The van der Waals surface area contributed by atoms with Crippen molar-refractivity contribution in [2.24, 2.45) is 0 Å². The Morgan fingerprint density at radius 3 is 2.10 bits per heavy atom. The third kappa shape index (κ3) is 10.3. The summed E-state index contributed by atoms with van der Waals surface area (Å²) in [4.78, 5) is 55.2. The molecule has 0 radical (unpaired) electrons. The molecule has 41 heavy (non-hydrogen) atoms. The van der Waals surface area contributed by atoms with Crippen molar-refractivity contribution >= 4 is 34.8 Å². The van der Waals surface area contributed by atoms with E-state index in [2.05, 4.69) is 15.6 Å². The average Bonchev–Trinajstić information content (AvgIpc) is 3.28. The van der Waals surface area contributed by atoms with Crippen LogP contribution in [0.25, 0.3) is 10.9 Å². The fourth-order valence-corrected chi connectivity index (χ4v) is 3.98. The maximum atomic E-state index is 13.6. The van der Waals surface area contributed by atoms with Gasteiger partial charge in [-0.2, -0.15) is 0 Å². The summed E-state index contributed by atoms with van der Waals surface area (Å²) in [6, 6.07) is 14.2. The van der Waals surface area contributed by atoms with Crippen molar-refractivity contribution in [3.05, 3.63) is 71.9 Å². The van der Waals surface area contributed by atoms with Crippen molar-refractivity contribution in [1.82, 2.24) is 15.6 Å². The van der Waals surface area contributed by atoms with Crippen LogP contribution in [0.2, 0.25) is 0 Å². The van der Waals surface area contributed by atoms with Crippen molar-refractivity contribution < 1.29 is 33.4 Å². The van der Waals surface area contributed by atoms with Crippen LogP contribution in [0.5, 0.6) is 0 Å². The Bertz CT molecular complexity index is 1350. The molecule has 3 aromatic rings. The van der Waals surface area contributed by atoms with E-state index in [1.807, 2.05) is 42.5 Å². The van der Waals surface area contributed by atoms with Crippen LogP contribution in [-0.4, -0.2) is 52.2 Å². The van der Waals surface area contributed by atoms with Gasteiger partial charge in [-0.05, 0) is 58.7 Å². The molecule has 0 spiro atoms. The molecule has 220 valence electrons. The summed E-state index contributed by atoms with van der Waals surface area (Å²) >= 11 is 0. The Kier molecular flexibility index (Phi) is 10.2. The van der Waals surface area contributed by atoms with E-state index in [9.17, 15) is 19.2 Å². The van der Waals surface area contributed by atoms with Crippen LogP contribution in [0, 0.1) is 0 Å². The van der Waals surface area contributed by atoms with Gasteiger partial charge >= 0.3 is 18.0 Å². The van der Waals surface area contributed by atoms with E-state index in [-0.39, 0.29) is 13.0 Å². The van der Waals surface area contributed by atoms with Crippen LogP contribution in [0.3, 0.4) is 0 Å². The number of benzene rings is 2. The lowest BCUT2D eigenvalue weighted by Crippen LogP contribution is -2.54. The number of esters is 2. The molecule has 0 aliphatic rings. The number of H-pyrrole nitrogens is 1. The quantitative estimate of drug-likeness (QED) is 0.242. The van der Waals surface area contributed by atoms with E-state index in [0.717, 1.165) is 22.0 Å². The minimum absolute atomic E-state index is 0.0120. The number of nitrogens with one attached hydrogen (secondary N) is 3. The fourth-order valence-electron chi connectivity index (χ4n) is 3.98. The predicted octanol–water partition coefficient (Wildman–Crippen LogP) is 4.56. The normalized spacial score (nSPS) is 13.1. The van der Waals surface area contributed by atoms with Crippen LogP contribution in [0.4, 0.5) is 4.79 Å². The molecule has 2 aromatic carbocycles. The zero-order valence-corrected chi connectivity index (χ0v) is 24.4. The number of ether oxygens (including phenoxy) is 3. The van der Waals surface area contributed by atoms with Gasteiger partial charge in [-0.3, -0.25) is 9.59 Å². The molecular weight excluding hydrogens is 526 g/mol. The third-order valence-corrected chi connectivity index (χ3v) is 5.73. The number of amides is 2. The lowest BCUT2D eigenvalue weighted by Gasteiger charge is -2.27. The van der Waals surface area contributed by atoms with Gasteiger partial charge < -0.3 is 29.8 Å². The first-order valence-corrected chi connectivity index (χ1v) is 13.5. The Morgan fingerprint density at radius 2 is 1.44 bits per heavy atom. The summed E-state index contributed by atoms with van der Waals surface area (Å²) in [6.07, 6.45) is 0.594. The number of aromatic nitrogens is 1. The van der Waals surface area contributed by atoms with E-state index in [1.165, 1.54) is 0 Å². The molecule has 3 rings (SSSR count). The van der Waals surface area contributed by atoms with Crippen molar-refractivity contribution in [3.63, 3.8) is 0 Å². The molecule has 1 aromatic heterocycles. The van der Waals surface area contributed by atoms with E-state index in [1.54, 1.807) is 59.9 Å². The minimum Gasteiger partial charge on any atom is -0.461 e. The molecule has 0 aliphatic heterocycles. The van der Waals surface area contributed by atoms with Gasteiger partial charge in [0.25, 0.3) is 0 Å². The average molecular weight is 566 g/mol. The third-order valence-electron chi connectivity index (χ3n) is 5.73. The second-order valence-electron chi connectivity index (χ2n) is 11.7. The first kappa shape index (κ1) is 31.2. The molecule has 0 fully saturated rings. The Hall–Kier alpha value is -4.34. The number of aromatic amines is 1. The Balaban J connectivity index is 1.81. The summed E-state index contributed by atoms with van der Waals surface area (Å²) < 4.78 is 16.2. The molecule has 0 aliphatic carbocycles. The molecule has 1 heterocycles. The first-order valence-electron chi connectivity index (χ1n) is 13.5. The molecule has 2 amide bonds. The molecule has 0 bridgehead atoms. The standard InChI is InChI=1S/C31H39N3O7/c1-30(2,3)40-28(37)25(17-26(35)39-19-20-12-8-7-9-13-20)33-27(36)24(34-29(38)41-31(4,5)6)16-21-18-32-23-15-11-10-14-22(21)23/h7-15,18,24-25,32H,16-17,19H2,1-6H3,(H,33,36)(H,34,38)/t24-,25-/m1/s1. The maximum Gasteiger partial charge on any atom is 0.408 e. The second-order valence-corrected chi connectivity index (χ2v) is 11.7. The second kappa shape index (κ2) is 13.3. The van der Waals surface area contributed by atoms with Gasteiger partial charge in [0.2, 0.25) is 5.91 Å².